The summed E-state index contributed by atoms with van der Waals surface area (Å²) < 4.78 is 1.99. The quantitative estimate of drug-likeness (QED) is 0.297. The molecule has 1 aromatic carbocycles. The van der Waals surface area contributed by atoms with Gasteiger partial charge in [0.25, 0.3) is 0 Å². The topological polar surface area (TPSA) is 70.4 Å². The van der Waals surface area contributed by atoms with Gasteiger partial charge in [0, 0.05) is 33.4 Å². The second kappa shape index (κ2) is 11.0. The molecule has 3 aromatic rings. The molecule has 0 amide bonds. The maximum Gasteiger partial charge on any atom is 0.191 e. The van der Waals surface area contributed by atoms with Crippen LogP contribution in [0.15, 0.2) is 53.5 Å². The lowest BCUT2D eigenvalue weighted by molar-refractivity contribution is 0.774. The van der Waals surface area contributed by atoms with Crippen LogP contribution in [0.4, 0.5) is 5.82 Å². The second-order valence-electron chi connectivity index (χ2n) is 7.13. The first-order valence-electron chi connectivity index (χ1n) is 9.67. The summed E-state index contributed by atoms with van der Waals surface area (Å²) >= 11 is 0. The van der Waals surface area contributed by atoms with E-state index in [9.17, 15) is 0 Å². The number of aryl methyl sites for hydroxylation is 2. The van der Waals surface area contributed by atoms with Crippen LogP contribution in [-0.2, 0) is 13.1 Å². The van der Waals surface area contributed by atoms with Gasteiger partial charge >= 0.3 is 0 Å². The molecule has 7 nitrogen and oxygen atoms in total. The van der Waals surface area contributed by atoms with E-state index >= 15 is 0 Å². The van der Waals surface area contributed by atoms with Crippen molar-refractivity contribution >= 4 is 35.8 Å². The highest BCUT2D eigenvalue weighted by atomic mass is 127. The highest BCUT2D eigenvalue weighted by Gasteiger charge is 2.09. The molecule has 0 fully saturated rings. The Labute approximate surface area is 195 Å². The summed E-state index contributed by atoms with van der Waals surface area (Å²) in [6.07, 6.45) is 0. The molecule has 3 rings (SSSR count). The highest BCUT2D eigenvalue weighted by molar-refractivity contribution is 14.0. The molecule has 0 unspecified atom stereocenters. The molecule has 0 saturated carbocycles. The zero-order valence-corrected chi connectivity index (χ0v) is 20.5. The number of hydrogen-bond donors (Lipinski definition) is 2. The van der Waals surface area contributed by atoms with Crippen LogP contribution in [0, 0.1) is 13.8 Å². The van der Waals surface area contributed by atoms with Gasteiger partial charge in [0.15, 0.2) is 5.96 Å². The van der Waals surface area contributed by atoms with Crippen LogP contribution in [0.5, 0.6) is 0 Å². The van der Waals surface area contributed by atoms with Crippen molar-refractivity contribution < 1.29 is 0 Å². The molecule has 0 atom stereocenters. The summed E-state index contributed by atoms with van der Waals surface area (Å²) in [5, 5.41) is 11.3. The molecule has 2 N–H and O–H groups in total. The summed E-state index contributed by atoms with van der Waals surface area (Å²) in [4.78, 5) is 11.0. The molecule has 8 heteroatoms. The minimum Gasteiger partial charge on any atom is -0.363 e. The fourth-order valence-corrected chi connectivity index (χ4v) is 3.13. The summed E-state index contributed by atoms with van der Waals surface area (Å²) in [5.41, 5.74) is 5.30. The van der Waals surface area contributed by atoms with Crippen molar-refractivity contribution in [1.29, 1.82) is 0 Å². The molecule has 160 valence electrons. The van der Waals surface area contributed by atoms with Crippen LogP contribution in [0.1, 0.15) is 22.6 Å². The van der Waals surface area contributed by atoms with E-state index in [1.54, 1.807) is 7.05 Å². The van der Waals surface area contributed by atoms with Gasteiger partial charge in [-0.05, 0) is 43.7 Å². The number of halogens is 1. The average Bonchev–Trinajstić information content (AvgIpc) is 3.06. The SMILES string of the molecule is CN=C(NCc1cccc(N(C)C)n1)NCc1ccccc1-n1nc(C)cc1C.I. The van der Waals surface area contributed by atoms with E-state index in [2.05, 4.69) is 50.8 Å². The molecule has 0 aliphatic heterocycles. The van der Waals surface area contributed by atoms with E-state index in [1.165, 1.54) is 0 Å². The van der Waals surface area contributed by atoms with E-state index in [0.29, 0.717) is 13.1 Å². The average molecular weight is 519 g/mol. The third-order valence-corrected chi connectivity index (χ3v) is 4.59. The van der Waals surface area contributed by atoms with Crippen LogP contribution >= 0.6 is 24.0 Å². The fraction of sp³-hybridized carbons (Fsp3) is 0.318. The normalized spacial score (nSPS) is 11.0. The van der Waals surface area contributed by atoms with Gasteiger partial charge in [0.1, 0.15) is 5.82 Å². The molecular formula is C22H30IN7. The van der Waals surface area contributed by atoms with E-state index in [-0.39, 0.29) is 24.0 Å². The predicted octanol–water partition coefficient (Wildman–Crippen LogP) is 3.43. The summed E-state index contributed by atoms with van der Waals surface area (Å²) in [6.45, 7) is 5.31. The van der Waals surface area contributed by atoms with Gasteiger partial charge < -0.3 is 15.5 Å². The van der Waals surface area contributed by atoms with Crippen molar-refractivity contribution in [3.63, 3.8) is 0 Å². The first-order chi connectivity index (χ1) is 14.0. The number of benzene rings is 1. The van der Waals surface area contributed by atoms with Crippen molar-refractivity contribution in [2.24, 2.45) is 4.99 Å². The van der Waals surface area contributed by atoms with Gasteiger partial charge in [0.05, 0.1) is 23.6 Å². The maximum atomic E-state index is 4.63. The Morgan fingerprint density at radius 1 is 1.03 bits per heavy atom. The van der Waals surface area contributed by atoms with Crippen molar-refractivity contribution in [2.75, 3.05) is 26.0 Å². The van der Waals surface area contributed by atoms with Gasteiger partial charge in [-0.25, -0.2) is 9.67 Å². The first-order valence-corrected chi connectivity index (χ1v) is 9.67. The number of hydrogen-bond acceptors (Lipinski definition) is 4. The van der Waals surface area contributed by atoms with E-state index in [4.69, 9.17) is 0 Å². The van der Waals surface area contributed by atoms with Crippen molar-refractivity contribution in [3.05, 3.63) is 71.2 Å². The molecule has 0 saturated heterocycles. The van der Waals surface area contributed by atoms with Crippen molar-refractivity contribution in [2.45, 2.75) is 26.9 Å². The number of nitrogens with one attached hydrogen (secondary N) is 2. The van der Waals surface area contributed by atoms with Gasteiger partial charge in [-0.2, -0.15) is 5.10 Å². The number of anilines is 1. The molecule has 0 aliphatic carbocycles. The number of para-hydroxylation sites is 1. The number of rotatable bonds is 6. The third kappa shape index (κ3) is 5.94. The highest BCUT2D eigenvalue weighted by Crippen LogP contribution is 2.17. The lowest BCUT2D eigenvalue weighted by Gasteiger charge is -2.16. The van der Waals surface area contributed by atoms with Crippen LogP contribution in [0.3, 0.4) is 0 Å². The van der Waals surface area contributed by atoms with E-state index in [1.807, 2.05) is 60.9 Å². The second-order valence-corrected chi connectivity index (χ2v) is 7.13. The number of nitrogens with zero attached hydrogens (tertiary/aromatic N) is 5. The Morgan fingerprint density at radius 3 is 2.43 bits per heavy atom. The standard InChI is InChI=1S/C22H29N7.HI/c1-16-13-17(2)29(27-16)20-11-7-6-9-18(20)14-24-22(23-3)25-15-19-10-8-12-21(26-19)28(4)5;/h6-13H,14-15H2,1-5H3,(H2,23,24,25);1H. The molecule has 2 aromatic heterocycles. The molecule has 0 radical (unpaired) electrons. The maximum absolute atomic E-state index is 4.63. The third-order valence-electron chi connectivity index (χ3n) is 4.59. The Bertz CT molecular complexity index is 995. The van der Waals surface area contributed by atoms with Gasteiger partial charge in [-0.3, -0.25) is 4.99 Å². The van der Waals surface area contributed by atoms with Crippen LogP contribution in [0.2, 0.25) is 0 Å². The fourth-order valence-electron chi connectivity index (χ4n) is 3.13. The number of aliphatic imine (C=N–C) groups is 1. The number of guanidine groups is 1. The lowest BCUT2D eigenvalue weighted by atomic mass is 10.1. The summed E-state index contributed by atoms with van der Waals surface area (Å²) in [5.74, 6) is 1.66. The number of pyridine rings is 1. The van der Waals surface area contributed by atoms with Crippen molar-refractivity contribution in [3.8, 4) is 5.69 Å². The van der Waals surface area contributed by atoms with Crippen LogP contribution < -0.4 is 15.5 Å². The molecule has 2 heterocycles. The Balaban J connectivity index is 0.00000320. The Hall–Kier alpha value is -2.62. The molecule has 0 bridgehead atoms. The summed E-state index contributed by atoms with van der Waals surface area (Å²) in [7, 11) is 5.74. The van der Waals surface area contributed by atoms with Crippen molar-refractivity contribution in [1.82, 2.24) is 25.4 Å². The van der Waals surface area contributed by atoms with Gasteiger partial charge in [0.2, 0.25) is 0 Å². The smallest absolute Gasteiger partial charge is 0.191 e. The van der Waals surface area contributed by atoms with Crippen LogP contribution in [0.25, 0.3) is 5.69 Å². The largest absolute Gasteiger partial charge is 0.363 e. The zero-order valence-electron chi connectivity index (χ0n) is 18.2. The Morgan fingerprint density at radius 2 is 1.77 bits per heavy atom. The number of aromatic nitrogens is 3. The van der Waals surface area contributed by atoms with Gasteiger partial charge in [-0.15, -0.1) is 24.0 Å². The predicted molar refractivity (Wildman–Crippen MR) is 134 cm³/mol. The minimum absolute atomic E-state index is 0. The monoisotopic (exact) mass is 519 g/mol. The Kier molecular flexibility index (Phi) is 8.64. The van der Waals surface area contributed by atoms with Gasteiger partial charge in [-0.1, -0.05) is 24.3 Å². The minimum atomic E-state index is 0. The first kappa shape index (κ1) is 23.7. The zero-order chi connectivity index (χ0) is 20.8. The molecule has 0 spiro atoms. The van der Waals surface area contributed by atoms with E-state index < -0.39 is 0 Å². The summed E-state index contributed by atoms with van der Waals surface area (Å²) in [6, 6.07) is 16.4. The molecular weight excluding hydrogens is 489 g/mol. The molecule has 30 heavy (non-hydrogen) atoms. The van der Waals surface area contributed by atoms with E-state index in [0.717, 1.165) is 40.1 Å². The molecule has 0 aliphatic rings. The lowest BCUT2D eigenvalue weighted by Crippen LogP contribution is -2.36. The van der Waals surface area contributed by atoms with Crippen LogP contribution in [-0.4, -0.2) is 41.9 Å².